The van der Waals surface area contributed by atoms with Gasteiger partial charge in [0.15, 0.2) is 6.54 Å². The first-order valence-corrected chi connectivity index (χ1v) is 19.9. The third kappa shape index (κ3) is 9.99. The number of rotatable bonds is 4. The molecule has 2 aliphatic heterocycles. The minimum Gasteiger partial charge on any atom is -1.00 e. The van der Waals surface area contributed by atoms with Crippen LogP contribution in [0.15, 0.2) is 73.1 Å². The van der Waals surface area contributed by atoms with E-state index in [-0.39, 0.29) is 60.8 Å². The van der Waals surface area contributed by atoms with Crippen molar-refractivity contribution in [1.82, 2.24) is 25.1 Å². The van der Waals surface area contributed by atoms with E-state index in [9.17, 15) is 14.9 Å². The van der Waals surface area contributed by atoms with E-state index >= 15 is 0 Å². The van der Waals surface area contributed by atoms with Crippen molar-refractivity contribution in [3.63, 3.8) is 0 Å². The zero-order valence-corrected chi connectivity index (χ0v) is 34.0. The van der Waals surface area contributed by atoms with Crippen LogP contribution in [0.25, 0.3) is 0 Å². The van der Waals surface area contributed by atoms with Gasteiger partial charge in [-0.3, -0.25) is 24.9 Å². The lowest BCUT2D eigenvalue weighted by molar-refractivity contribution is -0.357. The Kier molecular flexibility index (Phi) is 15.5. The summed E-state index contributed by atoms with van der Waals surface area (Å²) in [4.78, 5) is 36.1. The number of quaternary nitrogens is 1. The van der Waals surface area contributed by atoms with Crippen LogP contribution >= 0.6 is 34.8 Å². The molecule has 0 saturated carbocycles. The molecule has 4 atom stereocenters. The molecule has 4 aliphatic rings. The summed E-state index contributed by atoms with van der Waals surface area (Å²) in [5, 5.41) is 22.6. The van der Waals surface area contributed by atoms with Crippen LogP contribution in [0.5, 0.6) is 0 Å². The van der Waals surface area contributed by atoms with Crippen molar-refractivity contribution in [2.75, 3.05) is 26.2 Å². The fourth-order valence-electron chi connectivity index (χ4n) is 7.80. The minimum atomic E-state index is -0.301. The predicted octanol–water partition coefficient (Wildman–Crippen LogP) is 2.94. The van der Waals surface area contributed by atoms with Crippen LogP contribution in [0.4, 0.5) is 0 Å². The summed E-state index contributed by atoms with van der Waals surface area (Å²) in [5.41, 5.74) is 12.5. The van der Waals surface area contributed by atoms with Crippen LogP contribution in [0.3, 0.4) is 0 Å². The average molecular weight is 835 g/mol. The third-order valence-corrected chi connectivity index (χ3v) is 11.5. The number of alkyl halides is 1. The molecule has 2 unspecified atom stereocenters. The number of aryl methyl sites for hydroxylation is 4. The highest BCUT2D eigenvalue weighted by atomic mass is 35.5. The number of nitrogens with zero attached hydrogens (tertiary/aromatic N) is 6. The number of benzene rings is 2. The Bertz CT molecular complexity index is 2100. The lowest BCUT2D eigenvalue weighted by Gasteiger charge is -2.24. The number of aromatic nitrogens is 2. The highest BCUT2D eigenvalue weighted by Gasteiger charge is 2.31. The summed E-state index contributed by atoms with van der Waals surface area (Å²) < 4.78 is 0. The predicted molar refractivity (Wildman–Crippen MR) is 212 cm³/mol. The zero-order chi connectivity index (χ0) is 38.9. The van der Waals surface area contributed by atoms with Gasteiger partial charge in [-0.1, -0.05) is 47.5 Å². The molecule has 8 rings (SSSR count). The van der Waals surface area contributed by atoms with Crippen LogP contribution in [0.1, 0.15) is 81.9 Å². The Morgan fingerprint density at radius 3 is 1.82 bits per heavy atom. The standard InChI is InChI=1S/C21H21ClN4O.C14H11Cl2N.C7H11N3O.ClH/c22-16-7-8-18-15(11-16)6-5-14-3-1-9-24-20(14)21(18)25-13-19(27)26-10-2-4-17(26)12-23;15-11-5-6-12-10(8-11)4-3-9-2-1-7-17-14(9)13(12)16;8-4-6-2-1-3-10(6)7(11)5-9;/h1,3,7-9,11,17,21,25H,2,4-6,10,13H2;1-2,5-8,13H,3-4H2;6H,1-3,5,9H2;1H/t17-,21?;;6-;/m0.0./s1. The van der Waals surface area contributed by atoms with E-state index in [0.717, 1.165) is 90.5 Å². The van der Waals surface area contributed by atoms with Gasteiger partial charge in [0.2, 0.25) is 5.91 Å². The normalized spacial score (nSPS) is 20.2. The van der Waals surface area contributed by atoms with E-state index in [1.165, 1.54) is 22.3 Å². The highest BCUT2D eigenvalue weighted by molar-refractivity contribution is 6.31. The van der Waals surface area contributed by atoms with E-state index in [1.54, 1.807) is 22.2 Å². The van der Waals surface area contributed by atoms with Gasteiger partial charge in [0.25, 0.3) is 5.91 Å². The molecule has 2 amide bonds. The maximum absolute atomic E-state index is 12.7. The Hall–Kier alpha value is -4.26. The molecule has 4 heterocycles. The molecule has 4 N–H and O–H groups in total. The first-order chi connectivity index (χ1) is 26.7. The summed E-state index contributed by atoms with van der Waals surface area (Å²) in [6, 6.07) is 23.6. The first-order valence-electron chi connectivity index (χ1n) is 18.7. The van der Waals surface area contributed by atoms with Gasteiger partial charge in [0.1, 0.15) is 17.5 Å². The van der Waals surface area contributed by atoms with Crippen molar-refractivity contribution < 1.29 is 27.7 Å². The monoisotopic (exact) mass is 832 g/mol. The summed E-state index contributed by atoms with van der Waals surface area (Å²) in [7, 11) is 0. The summed E-state index contributed by atoms with van der Waals surface area (Å²) in [6.45, 7) is 1.83. The molecule has 2 saturated heterocycles. The van der Waals surface area contributed by atoms with E-state index in [0.29, 0.717) is 6.54 Å². The molecule has 2 aliphatic carbocycles. The second-order valence-electron chi connectivity index (χ2n) is 14.0. The number of hydrogen-bond acceptors (Lipinski definition) is 7. The largest absolute Gasteiger partial charge is 1.00 e. The number of pyridine rings is 2. The van der Waals surface area contributed by atoms with Crippen LogP contribution < -0.4 is 23.5 Å². The van der Waals surface area contributed by atoms with Gasteiger partial charge in [-0.15, -0.1) is 11.6 Å². The van der Waals surface area contributed by atoms with Gasteiger partial charge >= 0.3 is 0 Å². The molecule has 0 spiro atoms. The number of halogens is 4. The molecule has 14 heteroatoms. The Balaban J connectivity index is 0.000000177. The van der Waals surface area contributed by atoms with Crippen molar-refractivity contribution in [2.45, 2.75) is 74.9 Å². The second kappa shape index (κ2) is 20.2. The van der Waals surface area contributed by atoms with Crippen molar-refractivity contribution in [3.05, 3.63) is 128 Å². The molecule has 292 valence electrons. The Labute approximate surface area is 349 Å². The van der Waals surface area contributed by atoms with Gasteiger partial charge in [-0.25, -0.2) is 0 Å². The molecular weight excluding hydrogens is 790 g/mol. The number of fused-ring (bicyclic) bond motifs is 4. The third-order valence-electron chi connectivity index (χ3n) is 10.6. The molecule has 2 aromatic heterocycles. The van der Waals surface area contributed by atoms with Gasteiger partial charge < -0.3 is 27.9 Å². The minimum absolute atomic E-state index is 0. The smallest absolute Gasteiger partial charge is 0.278 e. The number of hydrogen-bond donors (Lipinski definition) is 2. The molecule has 0 radical (unpaired) electrons. The Morgan fingerprint density at radius 2 is 1.25 bits per heavy atom. The van der Waals surface area contributed by atoms with Crippen molar-refractivity contribution in [3.8, 4) is 12.1 Å². The SMILES string of the molecule is Clc1ccc2c(c1)CCc1cccnc1C2Cl.N#C[C@@H]1CCCN1C(=O)CNC1c2ccc(Cl)cc2CCc2cccnc21.N#C[C@@H]1CCCN1C(=O)C[NH3+].[Cl-]. The van der Waals surface area contributed by atoms with E-state index < -0.39 is 0 Å². The van der Waals surface area contributed by atoms with Gasteiger partial charge in [0.05, 0.1) is 36.1 Å². The number of nitrogens with one attached hydrogen (secondary N) is 1. The molecular formula is C42H44Cl4N8O2. The Morgan fingerprint density at radius 1 is 0.750 bits per heavy atom. The summed E-state index contributed by atoms with van der Waals surface area (Å²) in [5.74, 6) is -0.0367. The van der Waals surface area contributed by atoms with Crippen molar-refractivity contribution in [2.24, 2.45) is 0 Å². The fraction of sp³-hybridized carbons (Fsp3) is 0.381. The summed E-state index contributed by atoms with van der Waals surface area (Å²) >= 11 is 18.8. The van der Waals surface area contributed by atoms with Gasteiger partial charge in [-0.05, 0) is 121 Å². The topological polar surface area (TPSA) is 154 Å². The first kappa shape index (κ1) is 42.9. The molecule has 2 fully saturated rings. The number of carbonyl (C=O) groups excluding carboxylic acids is 2. The second-order valence-corrected chi connectivity index (χ2v) is 15.3. The van der Waals surface area contributed by atoms with Crippen molar-refractivity contribution >= 4 is 46.6 Å². The van der Waals surface area contributed by atoms with Crippen LogP contribution in [0.2, 0.25) is 10.0 Å². The number of likely N-dealkylation sites (tertiary alicyclic amines) is 2. The number of nitriles is 2. The lowest BCUT2D eigenvalue weighted by Crippen LogP contribution is -3.00. The quantitative estimate of drug-likeness (QED) is 0.300. The highest BCUT2D eigenvalue weighted by Crippen LogP contribution is 2.37. The average Bonchev–Trinajstić information content (AvgIpc) is 3.84. The number of carbonyl (C=O) groups is 2. The summed E-state index contributed by atoms with van der Waals surface area (Å²) in [6.07, 6.45) is 10.7. The van der Waals surface area contributed by atoms with Crippen LogP contribution in [0, 0.1) is 22.7 Å². The molecule has 4 aromatic rings. The van der Waals surface area contributed by atoms with Crippen LogP contribution in [-0.4, -0.2) is 69.8 Å². The lowest BCUT2D eigenvalue weighted by atomic mass is 9.98. The van der Waals surface area contributed by atoms with E-state index in [1.807, 2.05) is 48.5 Å². The fourth-order valence-corrected chi connectivity index (χ4v) is 8.60. The van der Waals surface area contributed by atoms with Gasteiger partial charge in [-0.2, -0.15) is 10.5 Å². The molecule has 2 aromatic carbocycles. The zero-order valence-electron chi connectivity index (χ0n) is 30.9. The maximum atomic E-state index is 12.7. The van der Waals surface area contributed by atoms with E-state index in [2.05, 4.69) is 45.3 Å². The van der Waals surface area contributed by atoms with Crippen LogP contribution in [-0.2, 0) is 35.3 Å². The maximum Gasteiger partial charge on any atom is 0.278 e. The molecule has 10 nitrogen and oxygen atoms in total. The van der Waals surface area contributed by atoms with E-state index in [4.69, 9.17) is 40.1 Å². The number of amides is 2. The van der Waals surface area contributed by atoms with Crippen molar-refractivity contribution in [1.29, 1.82) is 10.5 Å². The molecule has 0 bridgehead atoms. The van der Waals surface area contributed by atoms with Gasteiger partial charge in [0, 0.05) is 35.5 Å². The molecule has 56 heavy (non-hydrogen) atoms.